The third-order valence-corrected chi connectivity index (χ3v) is 3.88. The molecule has 0 unspecified atom stereocenters. The average molecular weight is 257 g/mol. The van der Waals surface area contributed by atoms with E-state index in [1.54, 1.807) is 12.1 Å². The summed E-state index contributed by atoms with van der Waals surface area (Å²) >= 11 is 0. The third-order valence-electron chi connectivity index (χ3n) is 2.45. The minimum absolute atomic E-state index is 0.0239. The van der Waals surface area contributed by atoms with Gasteiger partial charge in [0.25, 0.3) is 0 Å². The highest BCUT2D eigenvalue weighted by Crippen LogP contribution is 2.10. The van der Waals surface area contributed by atoms with Crippen LogP contribution in [0.3, 0.4) is 0 Å². The third kappa shape index (κ3) is 5.30. The fraction of sp³-hybridized carbons (Fsp3) is 0.500. The maximum absolute atomic E-state index is 11.5. The Bertz CT molecular complexity index is 417. The SMILES string of the molecule is CCCCS(=O)(=O)NC[C@@H](O)c1ccccc1. The second-order valence-electron chi connectivity index (χ2n) is 3.95. The second kappa shape index (κ2) is 6.74. The molecule has 5 heteroatoms. The lowest BCUT2D eigenvalue weighted by Crippen LogP contribution is -2.30. The molecule has 0 bridgehead atoms. The molecule has 96 valence electrons. The van der Waals surface area contributed by atoms with Gasteiger partial charge in [-0.25, -0.2) is 13.1 Å². The largest absolute Gasteiger partial charge is 0.387 e. The van der Waals surface area contributed by atoms with E-state index in [2.05, 4.69) is 4.72 Å². The molecule has 0 amide bonds. The van der Waals surface area contributed by atoms with Crippen LogP contribution in [-0.4, -0.2) is 25.8 Å². The quantitative estimate of drug-likeness (QED) is 0.776. The van der Waals surface area contributed by atoms with Crippen molar-refractivity contribution >= 4 is 10.0 Å². The lowest BCUT2D eigenvalue weighted by atomic mass is 10.1. The Hall–Kier alpha value is -0.910. The zero-order valence-electron chi connectivity index (χ0n) is 9.96. The van der Waals surface area contributed by atoms with Gasteiger partial charge in [-0.3, -0.25) is 0 Å². The first kappa shape index (κ1) is 14.2. The summed E-state index contributed by atoms with van der Waals surface area (Å²) in [5.41, 5.74) is 0.714. The first-order valence-corrected chi connectivity index (χ1v) is 7.40. The Morgan fingerprint density at radius 3 is 2.53 bits per heavy atom. The van der Waals surface area contributed by atoms with Gasteiger partial charge in [0.05, 0.1) is 11.9 Å². The molecule has 0 saturated heterocycles. The Labute approximate surface area is 103 Å². The number of unbranched alkanes of at least 4 members (excludes halogenated alkanes) is 1. The lowest BCUT2D eigenvalue weighted by Gasteiger charge is -2.12. The molecule has 0 spiro atoms. The van der Waals surface area contributed by atoms with Crippen LogP contribution in [0.5, 0.6) is 0 Å². The summed E-state index contributed by atoms with van der Waals surface area (Å²) in [5.74, 6) is 0.116. The topological polar surface area (TPSA) is 66.4 Å². The van der Waals surface area contributed by atoms with Gasteiger partial charge < -0.3 is 5.11 Å². The van der Waals surface area contributed by atoms with Crippen molar-refractivity contribution in [2.45, 2.75) is 25.9 Å². The molecule has 1 atom stereocenters. The molecular formula is C12H19NO3S. The first-order valence-electron chi connectivity index (χ1n) is 5.75. The van der Waals surface area contributed by atoms with Gasteiger partial charge in [0.1, 0.15) is 0 Å². The molecule has 4 nitrogen and oxygen atoms in total. The summed E-state index contributed by atoms with van der Waals surface area (Å²) in [6.45, 7) is 1.96. The number of aliphatic hydroxyl groups is 1. The number of nitrogens with one attached hydrogen (secondary N) is 1. The number of rotatable bonds is 7. The highest BCUT2D eigenvalue weighted by atomic mass is 32.2. The van der Waals surface area contributed by atoms with Crippen LogP contribution in [0.15, 0.2) is 30.3 Å². The number of aliphatic hydroxyl groups excluding tert-OH is 1. The fourth-order valence-electron chi connectivity index (χ4n) is 1.41. The van der Waals surface area contributed by atoms with Crippen molar-refractivity contribution in [2.75, 3.05) is 12.3 Å². The van der Waals surface area contributed by atoms with Crippen LogP contribution in [-0.2, 0) is 10.0 Å². The van der Waals surface area contributed by atoms with E-state index in [4.69, 9.17) is 0 Å². The van der Waals surface area contributed by atoms with E-state index in [-0.39, 0.29) is 12.3 Å². The molecule has 0 saturated carbocycles. The van der Waals surface area contributed by atoms with Crippen LogP contribution in [0.1, 0.15) is 31.4 Å². The summed E-state index contributed by atoms with van der Waals surface area (Å²) in [4.78, 5) is 0. The zero-order chi connectivity index (χ0) is 12.7. The van der Waals surface area contributed by atoms with E-state index < -0.39 is 16.1 Å². The molecule has 0 aromatic heterocycles. The van der Waals surface area contributed by atoms with Crippen LogP contribution in [0, 0.1) is 0 Å². The van der Waals surface area contributed by atoms with Gasteiger partial charge in [-0.2, -0.15) is 0 Å². The molecule has 0 aliphatic carbocycles. The van der Waals surface area contributed by atoms with Crippen molar-refractivity contribution < 1.29 is 13.5 Å². The first-order chi connectivity index (χ1) is 8.05. The number of benzene rings is 1. The Morgan fingerprint density at radius 2 is 1.94 bits per heavy atom. The van der Waals surface area contributed by atoms with E-state index in [0.717, 1.165) is 6.42 Å². The van der Waals surface area contributed by atoms with Gasteiger partial charge in [-0.05, 0) is 12.0 Å². The van der Waals surface area contributed by atoms with Crippen LogP contribution >= 0.6 is 0 Å². The molecule has 2 N–H and O–H groups in total. The number of sulfonamides is 1. The van der Waals surface area contributed by atoms with Crippen molar-refractivity contribution in [2.24, 2.45) is 0 Å². The second-order valence-corrected chi connectivity index (χ2v) is 5.87. The van der Waals surface area contributed by atoms with Crippen LogP contribution in [0.2, 0.25) is 0 Å². The van der Waals surface area contributed by atoms with Crippen molar-refractivity contribution in [1.29, 1.82) is 0 Å². The summed E-state index contributed by atoms with van der Waals surface area (Å²) in [6, 6.07) is 9.01. The van der Waals surface area contributed by atoms with E-state index in [1.165, 1.54) is 0 Å². The van der Waals surface area contributed by atoms with E-state index in [0.29, 0.717) is 12.0 Å². The Kier molecular flexibility index (Phi) is 5.61. The van der Waals surface area contributed by atoms with Crippen molar-refractivity contribution in [3.8, 4) is 0 Å². The summed E-state index contributed by atoms with van der Waals surface area (Å²) in [5, 5.41) is 9.78. The van der Waals surface area contributed by atoms with Gasteiger partial charge in [0, 0.05) is 6.54 Å². The minimum Gasteiger partial charge on any atom is -0.387 e. The molecule has 0 heterocycles. The molecule has 1 aromatic rings. The number of hydrogen-bond donors (Lipinski definition) is 2. The molecule has 1 aromatic carbocycles. The van der Waals surface area contributed by atoms with Crippen LogP contribution in [0.4, 0.5) is 0 Å². The van der Waals surface area contributed by atoms with Gasteiger partial charge in [0.15, 0.2) is 0 Å². The van der Waals surface area contributed by atoms with Crippen LogP contribution in [0.25, 0.3) is 0 Å². The highest BCUT2D eigenvalue weighted by molar-refractivity contribution is 7.89. The number of hydrogen-bond acceptors (Lipinski definition) is 3. The summed E-state index contributed by atoms with van der Waals surface area (Å²) in [6.07, 6.45) is 0.673. The smallest absolute Gasteiger partial charge is 0.211 e. The van der Waals surface area contributed by atoms with Gasteiger partial charge in [0.2, 0.25) is 10.0 Å². The zero-order valence-corrected chi connectivity index (χ0v) is 10.8. The molecule has 0 fully saturated rings. The Morgan fingerprint density at radius 1 is 1.29 bits per heavy atom. The molecule has 0 aliphatic heterocycles. The van der Waals surface area contributed by atoms with Crippen molar-refractivity contribution in [3.63, 3.8) is 0 Å². The van der Waals surface area contributed by atoms with Gasteiger partial charge >= 0.3 is 0 Å². The Balaban J connectivity index is 2.46. The predicted octanol–water partition coefficient (Wildman–Crippen LogP) is 1.44. The van der Waals surface area contributed by atoms with Gasteiger partial charge in [-0.15, -0.1) is 0 Å². The van der Waals surface area contributed by atoms with Crippen LogP contribution < -0.4 is 4.72 Å². The van der Waals surface area contributed by atoms with E-state index >= 15 is 0 Å². The maximum Gasteiger partial charge on any atom is 0.211 e. The lowest BCUT2D eigenvalue weighted by molar-refractivity contribution is 0.182. The van der Waals surface area contributed by atoms with Crippen molar-refractivity contribution in [3.05, 3.63) is 35.9 Å². The molecule has 0 aliphatic rings. The standard InChI is InChI=1S/C12H19NO3S/c1-2-3-9-17(15,16)13-10-12(14)11-7-5-4-6-8-11/h4-8,12-14H,2-3,9-10H2,1H3/t12-/m1/s1. The molecule has 0 radical (unpaired) electrons. The van der Waals surface area contributed by atoms with Gasteiger partial charge in [-0.1, -0.05) is 43.7 Å². The normalized spacial score (nSPS) is 13.5. The summed E-state index contributed by atoms with van der Waals surface area (Å²) < 4.78 is 25.4. The fourth-order valence-corrected chi connectivity index (χ4v) is 2.63. The monoisotopic (exact) mass is 257 g/mol. The molecule has 1 rings (SSSR count). The van der Waals surface area contributed by atoms with E-state index in [1.807, 2.05) is 25.1 Å². The minimum atomic E-state index is -3.26. The average Bonchev–Trinajstić information content (AvgIpc) is 2.35. The highest BCUT2D eigenvalue weighted by Gasteiger charge is 2.13. The maximum atomic E-state index is 11.5. The van der Waals surface area contributed by atoms with E-state index in [9.17, 15) is 13.5 Å². The molecular weight excluding hydrogens is 238 g/mol. The van der Waals surface area contributed by atoms with Crippen molar-refractivity contribution in [1.82, 2.24) is 4.72 Å². The molecule has 17 heavy (non-hydrogen) atoms. The predicted molar refractivity (Wildman–Crippen MR) is 68.1 cm³/mol. The summed E-state index contributed by atoms with van der Waals surface area (Å²) in [7, 11) is -3.26.